The predicted molar refractivity (Wildman–Crippen MR) is 141 cm³/mol. The van der Waals surface area contributed by atoms with Crippen LogP contribution in [0.5, 0.6) is 5.75 Å². The average molecular weight is 498 g/mol. The largest absolute Gasteiger partial charge is 0.506 e. The Labute approximate surface area is 214 Å². The van der Waals surface area contributed by atoms with E-state index in [-0.39, 0.29) is 29.3 Å². The van der Waals surface area contributed by atoms with Crippen molar-refractivity contribution in [3.63, 3.8) is 0 Å². The molecule has 1 aliphatic carbocycles. The molecule has 1 N–H and O–H groups in total. The molecule has 0 aliphatic heterocycles. The number of carbonyl (C=O) groups is 2. The van der Waals surface area contributed by atoms with Gasteiger partial charge >= 0.3 is 0 Å². The molecule has 4 aromatic rings. The van der Waals surface area contributed by atoms with Gasteiger partial charge in [-0.15, -0.1) is 17.8 Å². The highest BCUT2D eigenvalue weighted by molar-refractivity contribution is 7.14. The number of ketones is 2. The molecule has 0 amide bonds. The lowest BCUT2D eigenvalue weighted by molar-refractivity contribution is 0.0944. The fraction of sp³-hybridized carbons (Fsp3) is 0.310. The summed E-state index contributed by atoms with van der Waals surface area (Å²) in [5.74, 6) is 3.88. The predicted octanol–water partition coefficient (Wildman–Crippen LogP) is 6.44. The fourth-order valence-electron chi connectivity index (χ4n) is 5.16. The zero-order chi connectivity index (χ0) is 25.2. The molecule has 0 spiro atoms. The summed E-state index contributed by atoms with van der Waals surface area (Å²) in [6.07, 6.45) is 11.7. The summed E-state index contributed by atoms with van der Waals surface area (Å²) in [7, 11) is 0. The van der Waals surface area contributed by atoms with Crippen LogP contribution in [-0.4, -0.2) is 31.2 Å². The van der Waals surface area contributed by atoms with E-state index >= 15 is 0 Å². The van der Waals surface area contributed by atoms with Gasteiger partial charge < -0.3 is 9.67 Å². The Hall–Kier alpha value is -3.76. The Morgan fingerprint density at radius 2 is 2.03 bits per heavy atom. The zero-order valence-corrected chi connectivity index (χ0v) is 20.9. The molecule has 0 radical (unpaired) electrons. The molecule has 5 rings (SSSR count). The first-order valence-electron chi connectivity index (χ1n) is 12.3. The van der Waals surface area contributed by atoms with Gasteiger partial charge in [0.05, 0.1) is 27.0 Å². The summed E-state index contributed by atoms with van der Waals surface area (Å²) < 4.78 is 2.22. The lowest BCUT2D eigenvalue weighted by Gasteiger charge is -2.31. The normalized spacial score (nSPS) is 17.7. The second kappa shape index (κ2) is 10.1. The molecule has 3 aromatic heterocycles. The number of aromatic hydroxyl groups is 1. The minimum atomic E-state index is 0.0774. The number of thiophene rings is 1. The highest BCUT2D eigenvalue weighted by Crippen LogP contribution is 2.40. The first kappa shape index (κ1) is 24.0. The number of carbonyl (C=O) groups excluding carboxylic acids is 2. The van der Waals surface area contributed by atoms with Gasteiger partial charge in [0.15, 0.2) is 17.4 Å². The summed E-state index contributed by atoms with van der Waals surface area (Å²) in [5, 5.41) is 9.75. The summed E-state index contributed by atoms with van der Waals surface area (Å²) in [6.45, 7) is 1.85. The lowest BCUT2D eigenvalue weighted by atomic mass is 9.82. The Morgan fingerprint density at radius 3 is 2.75 bits per heavy atom. The lowest BCUT2D eigenvalue weighted by Crippen LogP contribution is -2.22. The molecule has 1 aromatic carbocycles. The number of benzene rings is 1. The van der Waals surface area contributed by atoms with Gasteiger partial charge in [0, 0.05) is 24.4 Å². The van der Waals surface area contributed by atoms with E-state index in [1.54, 1.807) is 12.1 Å². The van der Waals surface area contributed by atoms with Crippen LogP contribution in [-0.2, 0) is 0 Å². The first-order valence-corrected chi connectivity index (χ1v) is 13.1. The summed E-state index contributed by atoms with van der Waals surface area (Å²) in [4.78, 5) is 36.1. The third kappa shape index (κ3) is 4.69. The van der Waals surface area contributed by atoms with Gasteiger partial charge in [-0.2, -0.15) is 0 Å². The Balaban J connectivity index is 1.49. The Bertz CT molecular complexity index is 1480. The molecule has 3 heterocycles. The van der Waals surface area contributed by atoms with Crippen molar-refractivity contribution in [1.82, 2.24) is 14.5 Å². The van der Waals surface area contributed by atoms with Crippen LogP contribution in [0.3, 0.4) is 0 Å². The molecule has 0 unspecified atom stereocenters. The van der Waals surface area contributed by atoms with Crippen molar-refractivity contribution in [3.05, 3.63) is 64.0 Å². The highest BCUT2D eigenvalue weighted by atomic mass is 32.1. The number of pyridine rings is 1. The van der Waals surface area contributed by atoms with Crippen LogP contribution in [0, 0.1) is 18.3 Å². The maximum atomic E-state index is 13.0. The second-order valence-corrected chi connectivity index (χ2v) is 10.4. The smallest absolute Gasteiger partial charge is 0.173 e. The van der Waals surface area contributed by atoms with Gasteiger partial charge in [0.25, 0.3) is 0 Å². The van der Waals surface area contributed by atoms with Gasteiger partial charge in [0.2, 0.25) is 0 Å². The molecule has 182 valence electrons. The zero-order valence-electron chi connectivity index (χ0n) is 20.1. The van der Waals surface area contributed by atoms with Crippen LogP contribution < -0.4 is 0 Å². The van der Waals surface area contributed by atoms with Crippen molar-refractivity contribution in [2.75, 3.05) is 0 Å². The molecule has 0 bridgehead atoms. The van der Waals surface area contributed by atoms with Crippen LogP contribution in [0.1, 0.15) is 76.4 Å². The molecular formula is C29H27N3O3S. The van der Waals surface area contributed by atoms with Gasteiger partial charge in [0.1, 0.15) is 11.4 Å². The number of aromatic nitrogens is 3. The summed E-state index contributed by atoms with van der Waals surface area (Å²) in [5.41, 5.74) is 3.00. The SMILES string of the molecule is C#Cc1ccc(C(=O)C[C@@H]2CCC[C@H](n3c(-c4ccc(O)cn4)nc4cc(C(=O)CC)ccc43)C2)s1. The first-order chi connectivity index (χ1) is 17.5. The minimum Gasteiger partial charge on any atom is -0.506 e. The summed E-state index contributed by atoms with van der Waals surface area (Å²) >= 11 is 1.38. The average Bonchev–Trinajstić information content (AvgIpc) is 3.53. The van der Waals surface area contributed by atoms with Crippen molar-refractivity contribution in [1.29, 1.82) is 0 Å². The molecule has 2 atom stereocenters. The minimum absolute atomic E-state index is 0.0774. The Kier molecular flexibility index (Phi) is 6.71. The number of nitrogens with zero attached hydrogens (tertiary/aromatic N) is 3. The summed E-state index contributed by atoms with van der Waals surface area (Å²) in [6, 6.07) is 12.8. The molecule has 0 saturated heterocycles. The number of imidazole rings is 1. The van der Waals surface area contributed by atoms with Crippen molar-refractivity contribution < 1.29 is 14.7 Å². The fourth-order valence-corrected chi connectivity index (χ4v) is 5.92. The van der Waals surface area contributed by atoms with Crippen molar-refractivity contribution in [3.8, 4) is 29.6 Å². The van der Waals surface area contributed by atoms with Crippen LogP contribution >= 0.6 is 11.3 Å². The van der Waals surface area contributed by atoms with Crippen LogP contribution in [0.4, 0.5) is 0 Å². The van der Waals surface area contributed by atoms with Crippen LogP contribution in [0.25, 0.3) is 22.6 Å². The second-order valence-electron chi connectivity index (χ2n) is 9.31. The number of hydrogen-bond acceptors (Lipinski definition) is 6. The van der Waals surface area contributed by atoms with Crippen LogP contribution in [0.2, 0.25) is 0 Å². The highest BCUT2D eigenvalue weighted by Gasteiger charge is 2.29. The van der Waals surface area contributed by atoms with E-state index in [9.17, 15) is 14.7 Å². The van der Waals surface area contributed by atoms with E-state index in [1.165, 1.54) is 17.5 Å². The maximum Gasteiger partial charge on any atom is 0.173 e. The van der Waals surface area contributed by atoms with Crippen molar-refractivity contribution in [2.24, 2.45) is 5.92 Å². The third-order valence-electron chi connectivity index (χ3n) is 6.93. The molecule has 36 heavy (non-hydrogen) atoms. The van der Waals surface area contributed by atoms with Gasteiger partial charge in [-0.1, -0.05) is 19.3 Å². The maximum absolute atomic E-state index is 13.0. The van der Waals surface area contributed by atoms with Crippen molar-refractivity contribution >= 4 is 33.9 Å². The molecular weight excluding hydrogens is 470 g/mol. The molecule has 1 fully saturated rings. The topological polar surface area (TPSA) is 85.1 Å². The Morgan fingerprint density at radius 1 is 1.17 bits per heavy atom. The number of terminal acetylenes is 1. The number of hydrogen-bond donors (Lipinski definition) is 1. The van der Waals surface area contributed by atoms with Crippen molar-refractivity contribution in [2.45, 2.75) is 51.5 Å². The van der Waals surface area contributed by atoms with E-state index in [4.69, 9.17) is 11.4 Å². The van der Waals surface area contributed by atoms with Gasteiger partial charge in [-0.3, -0.25) is 9.59 Å². The van der Waals surface area contributed by atoms with E-state index in [1.807, 2.05) is 37.3 Å². The van der Waals surface area contributed by atoms with E-state index < -0.39 is 0 Å². The quantitative estimate of drug-likeness (QED) is 0.234. The molecule has 1 aliphatic rings. The third-order valence-corrected chi connectivity index (χ3v) is 7.98. The molecule has 6 nitrogen and oxygen atoms in total. The number of Topliss-reactive ketones (excluding diaryl/α,β-unsaturated/α-hetero) is 2. The van der Waals surface area contributed by atoms with E-state index in [0.717, 1.165) is 46.5 Å². The molecule has 7 heteroatoms. The molecule has 1 saturated carbocycles. The van der Waals surface area contributed by atoms with Gasteiger partial charge in [-0.05, 0) is 67.6 Å². The monoisotopic (exact) mass is 497 g/mol. The number of rotatable bonds is 7. The number of fused-ring (bicyclic) bond motifs is 1. The van der Waals surface area contributed by atoms with E-state index in [0.29, 0.717) is 29.9 Å². The van der Waals surface area contributed by atoms with Crippen LogP contribution in [0.15, 0.2) is 48.7 Å². The standard InChI is InChI=1S/C29H27N3O3S/c1-3-22-10-13-28(36-22)27(35)15-18-6-5-7-20(14-18)32-25-12-8-19(26(34)4-2)16-24(25)31-29(32)23-11-9-21(33)17-30-23/h1,8-13,16-18,20,33H,4-7,14-15H2,2H3/t18-,20+/m1/s1. The van der Waals surface area contributed by atoms with Gasteiger partial charge in [-0.25, -0.2) is 9.97 Å². The van der Waals surface area contributed by atoms with E-state index in [2.05, 4.69) is 15.5 Å².